The topological polar surface area (TPSA) is 71.3 Å². The molecule has 1 rings (SSSR count). The number of carbonyl (C=O) groups excluding carboxylic acids is 2. The van der Waals surface area contributed by atoms with Crippen molar-refractivity contribution in [1.29, 1.82) is 0 Å². The van der Waals surface area contributed by atoms with E-state index in [9.17, 15) is 9.59 Å². The number of amidine groups is 1. The minimum absolute atomic E-state index is 0.243. The van der Waals surface area contributed by atoms with Crippen LogP contribution in [-0.4, -0.2) is 48.2 Å². The average Bonchev–Trinajstić information content (AvgIpc) is 2.51. The van der Waals surface area contributed by atoms with Gasteiger partial charge in [-0.3, -0.25) is 9.59 Å². The Morgan fingerprint density at radius 1 is 1.32 bits per heavy atom. The molecule has 1 aromatic rings. The fourth-order valence-electron chi connectivity index (χ4n) is 1.47. The molecule has 0 aliphatic rings. The van der Waals surface area contributed by atoms with Gasteiger partial charge >= 0.3 is 5.97 Å². The molecule has 0 heterocycles. The Hall–Kier alpha value is -2.15. The Morgan fingerprint density at radius 3 is 2.59 bits per heavy atom. The number of thioether (sulfide) groups is 1. The smallest absolute Gasteiger partial charge is 0.315 e. The largest absolute Gasteiger partial charge is 0.466 e. The molecule has 0 aromatic heterocycles. The number of hydrazone groups is 1. The van der Waals surface area contributed by atoms with Crippen LogP contribution in [-0.2, 0) is 14.3 Å². The van der Waals surface area contributed by atoms with Crippen LogP contribution in [0.3, 0.4) is 0 Å². The van der Waals surface area contributed by atoms with Crippen LogP contribution in [0.2, 0.25) is 0 Å². The van der Waals surface area contributed by atoms with Crippen molar-refractivity contribution in [2.24, 2.45) is 10.1 Å². The summed E-state index contributed by atoms with van der Waals surface area (Å²) < 4.78 is 4.71. The number of nitrogens with zero attached hydrogens (tertiary/aromatic N) is 3. The van der Waals surface area contributed by atoms with Crippen molar-refractivity contribution >= 4 is 35.0 Å². The van der Waals surface area contributed by atoms with Crippen LogP contribution < -0.4 is 0 Å². The molecule has 0 bridgehead atoms. The van der Waals surface area contributed by atoms with Gasteiger partial charge in [-0.05, 0) is 18.7 Å². The normalized spacial score (nSPS) is 11.5. The van der Waals surface area contributed by atoms with Gasteiger partial charge in [0.15, 0.2) is 5.17 Å². The molecule has 0 fully saturated rings. The summed E-state index contributed by atoms with van der Waals surface area (Å²) in [6, 6.07) is 9.57. The maximum atomic E-state index is 11.7. The molecule has 0 N–H and O–H groups in total. The Balaban J connectivity index is 2.69. The van der Waals surface area contributed by atoms with E-state index in [1.165, 1.54) is 16.8 Å². The summed E-state index contributed by atoms with van der Waals surface area (Å²) in [6.07, 6.45) is 3.08. The highest BCUT2D eigenvalue weighted by molar-refractivity contribution is 8.13. The molecule has 0 aliphatic carbocycles. The summed E-state index contributed by atoms with van der Waals surface area (Å²) in [4.78, 5) is 26.8. The highest BCUT2D eigenvalue weighted by Gasteiger charge is 2.12. The van der Waals surface area contributed by atoms with E-state index in [-0.39, 0.29) is 13.0 Å². The molecule has 0 unspecified atom stereocenters. The summed E-state index contributed by atoms with van der Waals surface area (Å²) in [6.45, 7) is 1.93. The third kappa shape index (κ3) is 6.53. The van der Waals surface area contributed by atoms with Crippen LogP contribution in [0.15, 0.2) is 40.4 Å². The van der Waals surface area contributed by atoms with E-state index in [2.05, 4.69) is 10.1 Å². The molecule has 1 aromatic carbocycles. The first-order chi connectivity index (χ1) is 10.6. The van der Waals surface area contributed by atoms with E-state index in [1.54, 1.807) is 26.4 Å². The third-order valence-electron chi connectivity index (χ3n) is 2.46. The van der Waals surface area contributed by atoms with Gasteiger partial charge in [0.1, 0.15) is 6.42 Å². The van der Waals surface area contributed by atoms with Crippen LogP contribution in [0.5, 0.6) is 0 Å². The van der Waals surface area contributed by atoms with Crippen LogP contribution in [0.1, 0.15) is 18.9 Å². The number of carbonyl (C=O) groups is 2. The highest BCUT2D eigenvalue weighted by atomic mass is 32.2. The number of benzene rings is 1. The van der Waals surface area contributed by atoms with Gasteiger partial charge in [-0.25, -0.2) is 5.01 Å². The van der Waals surface area contributed by atoms with Crippen molar-refractivity contribution in [2.45, 2.75) is 13.3 Å². The van der Waals surface area contributed by atoms with Gasteiger partial charge < -0.3 is 4.74 Å². The van der Waals surface area contributed by atoms with Gasteiger partial charge in [0.05, 0.1) is 12.8 Å². The number of amides is 1. The fourth-order valence-corrected chi connectivity index (χ4v) is 1.98. The first kappa shape index (κ1) is 17.9. The molecule has 22 heavy (non-hydrogen) atoms. The molecule has 1 amide bonds. The number of esters is 1. The first-order valence-electron chi connectivity index (χ1n) is 6.70. The zero-order valence-electron chi connectivity index (χ0n) is 12.9. The molecule has 6 nitrogen and oxygen atoms in total. The minimum Gasteiger partial charge on any atom is -0.466 e. The molecule has 118 valence electrons. The van der Waals surface area contributed by atoms with Crippen molar-refractivity contribution in [3.05, 3.63) is 35.9 Å². The number of aliphatic imine (C=N–C) groups is 1. The third-order valence-corrected chi connectivity index (χ3v) is 3.18. The van der Waals surface area contributed by atoms with Crippen LogP contribution in [0, 0.1) is 0 Å². The van der Waals surface area contributed by atoms with E-state index >= 15 is 0 Å². The lowest BCUT2D eigenvalue weighted by atomic mass is 10.2. The van der Waals surface area contributed by atoms with Crippen molar-refractivity contribution in [2.75, 3.05) is 19.9 Å². The Bertz CT molecular complexity index is 558. The average molecular weight is 321 g/mol. The van der Waals surface area contributed by atoms with Gasteiger partial charge in [-0.2, -0.15) is 10.1 Å². The molecule has 0 atom stereocenters. The van der Waals surface area contributed by atoms with Crippen molar-refractivity contribution in [1.82, 2.24) is 5.01 Å². The summed E-state index contributed by atoms with van der Waals surface area (Å²) in [5, 5.41) is 6.11. The maximum absolute atomic E-state index is 11.7. The van der Waals surface area contributed by atoms with Crippen molar-refractivity contribution in [3.8, 4) is 0 Å². The second-order valence-electron chi connectivity index (χ2n) is 4.15. The summed E-state index contributed by atoms with van der Waals surface area (Å²) in [7, 11) is 1.69. The molecule has 0 saturated carbocycles. The molecule has 0 radical (unpaired) electrons. The molecular formula is C15H19N3O3S. The lowest BCUT2D eigenvalue weighted by molar-refractivity contribution is -0.145. The van der Waals surface area contributed by atoms with Gasteiger partial charge in [0.25, 0.3) is 5.91 Å². The second-order valence-corrected chi connectivity index (χ2v) is 4.93. The monoisotopic (exact) mass is 321 g/mol. The quantitative estimate of drug-likeness (QED) is 0.273. The number of ether oxygens (including phenoxy) is 1. The van der Waals surface area contributed by atoms with Crippen LogP contribution in [0.25, 0.3) is 0 Å². The molecular weight excluding hydrogens is 302 g/mol. The predicted octanol–water partition coefficient (Wildman–Crippen LogP) is 2.15. The highest BCUT2D eigenvalue weighted by Crippen LogP contribution is 2.06. The SMILES string of the molecule is CCOC(=O)CC(=O)N=C(SC)N(C)N=Cc1ccccc1. The molecule has 0 spiro atoms. The minimum atomic E-state index is -0.577. The van der Waals surface area contributed by atoms with E-state index in [1.807, 2.05) is 30.3 Å². The zero-order chi connectivity index (χ0) is 16.4. The number of hydrogen-bond donors (Lipinski definition) is 0. The first-order valence-corrected chi connectivity index (χ1v) is 7.93. The Labute approximate surface area is 134 Å². The van der Waals surface area contributed by atoms with E-state index in [4.69, 9.17) is 4.74 Å². The number of rotatable bonds is 5. The standard InChI is InChI=1S/C15H19N3O3S/c1-4-21-14(20)10-13(19)17-15(22-3)18(2)16-11-12-8-6-5-7-9-12/h5-9,11H,4,10H2,1-3H3. The lowest BCUT2D eigenvalue weighted by Crippen LogP contribution is -2.20. The summed E-state index contributed by atoms with van der Waals surface area (Å²) in [5.41, 5.74) is 0.938. The molecule has 0 aliphatic heterocycles. The van der Waals surface area contributed by atoms with Crippen LogP contribution >= 0.6 is 11.8 Å². The van der Waals surface area contributed by atoms with E-state index in [0.29, 0.717) is 5.17 Å². The van der Waals surface area contributed by atoms with Gasteiger partial charge in [0, 0.05) is 7.05 Å². The van der Waals surface area contributed by atoms with Gasteiger partial charge in [0.2, 0.25) is 0 Å². The molecule has 0 saturated heterocycles. The van der Waals surface area contributed by atoms with E-state index < -0.39 is 11.9 Å². The summed E-state index contributed by atoms with van der Waals surface area (Å²) in [5.74, 6) is -1.13. The van der Waals surface area contributed by atoms with E-state index in [0.717, 1.165) is 5.56 Å². The van der Waals surface area contributed by atoms with Gasteiger partial charge in [-0.15, -0.1) is 0 Å². The maximum Gasteiger partial charge on any atom is 0.315 e. The number of hydrogen-bond acceptors (Lipinski definition) is 5. The Morgan fingerprint density at radius 2 is 2.00 bits per heavy atom. The van der Waals surface area contributed by atoms with Crippen molar-refractivity contribution < 1.29 is 14.3 Å². The lowest BCUT2D eigenvalue weighted by Gasteiger charge is -2.12. The van der Waals surface area contributed by atoms with Crippen LogP contribution in [0.4, 0.5) is 0 Å². The zero-order valence-corrected chi connectivity index (χ0v) is 13.7. The summed E-state index contributed by atoms with van der Waals surface area (Å²) >= 11 is 1.27. The Kier molecular flexibility index (Phi) is 7.91. The predicted molar refractivity (Wildman–Crippen MR) is 89.0 cm³/mol. The second kappa shape index (κ2) is 9.73. The van der Waals surface area contributed by atoms with Crippen molar-refractivity contribution in [3.63, 3.8) is 0 Å². The fraction of sp³-hybridized carbons (Fsp3) is 0.333. The van der Waals surface area contributed by atoms with Gasteiger partial charge in [-0.1, -0.05) is 42.1 Å². The molecule has 7 heteroatoms.